The normalized spacial score (nSPS) is 16.9. The van der Waals surface area contributed by atoms with E-state index in [1.807, 2.05) is 24.3 Å². The van der Waals surface area contributed by atoms with Gasteiger partial charge in [-0.3, -0.25) is 9.59 Å². The summed E-state index contributed by atoms with van der Waals surface area (Å²) in [5.74, 6) is -2.85. The molecule has 0 atom stereocenters. The lowest BCUT2D eigenvalue weighted by atomic mass is 9.89. The summed E-state index contributed by atoms with van der Waals surface area (Å²) in [6.07, 6.45) is -3.15. The van der Waals surface area contributed by atoms with Crippen LogP contribution in [0, 0.1) is 5.82 Å². The van der Waals surface area contributed by atoms with E-state index in [1.165, 1.54) is 35.6 Å². The van der Waals surface area contributed by atoms with Gasteiger partial charge in [-0.05, 0) is 75.8 Å². The highest BCUT2D eigenvalue weighted by Crippen LogP contribution is 2.38. The lowest BCUT2D eigenvalue weighted by molar-refractivity contribution is -0.0885. The molecule has 1 saturated carbocycles. The van der Waals surface area contributed by atoms with Gasteiger partial charge in [0.25, 0.3) is 11.7 Å². The zero-order chi connectivity index (χ0) is 35.0. The highest BCUT2D eigenvalue weighted by Gasteiger charge is 2.39. The third-order valence-electron chi connectivity index (χ3n) is 8.45. The second-order valence-corrected chi connectivity index (χ2v) is 14.4. The standard InChI is InChI=1S/C36H35ClF4N2O4S/c1-35(2,3)47-34(46)42(4)25-14-16-26(17-15-25)43(33(45)31-30(37)27-7-5-6-8-29(27)48-31)20-24-19-23(13-18-28(24)38)21-9-11-22(12-10-21)32(44)36(39,40)41/h5-13,18-19,25-26H,14-17,20H2,1-4H3. The number of ketones is 1. The summed E-state index contributed by atoms with van der Waals surface area (Å²) in [5.41, 5.74) is 0.0506. The molecule has 1 fully saturated rings. The maximum absolute atomic E-state index is 15.4. The van der Waals surface area contributed by atoms with Gasteiger partial charge in [-0.15, -0.1) is 11.3 Å². The van der Waals surface area contributed by atoms with Gasteiger partial charge in [-0.2, -0.15) is 13.2 Å². The molecule has 0 unspecified atom stereocenters. The van der Waals surface area contributed by atoms with E-state index in [0.29, 0.717) is 46.7 Å². The Balaban J connectivity index is 1.43. The number of Topliss-reactive ketones (excluding diaryl/α,β-unsaturated/α-hetero) is 1. The van der Waals surface area contributed by atoms with E-state index < -0.39 is 35.0 Å². The second-order valence-electron chi connectivity index (χ2n) is 12.9. The topological polar surface area (TPSA) is 66.9 Å². The number of halogens is 5. The van der Waals surface area contributed by atoms with Crippen molar-refractivity contribution in [2.45, 2.75) is 76.9 Å². The number of fused-ring (bicyclic) bond motifs is 1. The first kappa shape index (κ1) is 35.3. The average molecular weight is 703 g/mol. The molecule has 1 heterocycles. The van der Waals surface area contributed by atoms with E-state index in [2.05, 4.69) is 0 Å². The molecule has 2 amide bonds. The molecule has 0 radical (unpaired) electrons. The third kappa shape index (κ3) is 7.84. The minimum atomic E-state index is -5.00. The zero-order valence-corrected chi connectivity index (χ0v) is 28.4. The molecule has 1 aliphatic carbocycles. The van der Waals surface area contributed by atoms with Crippen molar-refractivity contribution in [2.75, 3.05) is 7.05 Å². The summed E-state index contributed by atoms with van der Waals surface area (Å²) in [6.45, 7) is 5.31. The Hall–Kier alpha value is -3.96. The van der Waals surface area contributed by atoms with Crippen molar-refractivity contribution in [1.82, 2.24) is 9.80 Å². The van der Waals surface area contributed by atoms with Crippen LogP contribution in [-0.2, 0) is 11.3 Å². The van der Waals surface area contributed by atoms with E-state index >= 15 is 4.39 Å². The van der Waals surface area contributed by atoms with Crippen molar-refractivity contribution < 1.29 is 36.7 Å². The number of nitrogens with zero attached hydrogens (tertiary/aromatic N) is 2. The highest BCUT2D eigenvalue weighted by atomic mass is 35.5. The van der Waals surface area contributed by atoms with E-state index in [9.17, 15) is 27.6 Å². The molecule has 4 aromatic rings. The number of rotatable bonds is 7. The van der Waals surface area contributed by atoms with Crippen LogP contribution in [0.1, 0.15) is 72.0 Å². The van der Waals surface area contributed by atoms with Crippen LogP contribution in [0.4, 0.5) is 22.4 Å². The fraction of sp³-hybridized carbons (Fsp3) is 0.361. The van der Waals surface area contributed by atoms with Crippen LogP contribution in [0.15, 0.2) is 66.7 Å². The summed E-state index contributed by atoms with van der Waals surface area (Å²) >= 11 is 7.99. The highest BCUT2D eigenvalue weighted by molar-refractivity contribution is 7.21. The van der Waals surface area contributed by atoms with Gasteiger partial charge >= 0.3 is 12.3 Å². The molecule has 0 spiro atoms. The van der Waals surface area contributed by atoms with Gasteiger partial charge in [0, 0.05) is 46.9 Å². The molecule has 254 valence electrons. The number of carbonyl (C=O) groups is 3. The number of thiophene rings is 1. The molecule has 5 rings (SSSR count). The number of hydrogen-bond acceptors (Lipinski definition) is 5. The van der Waals surface area contributed by atoms with E-state index in [1.54, 1.807) is 43.7 Å². The quantitative estimate of drug-likeness (QED) is 0.142. The molecule has 1 aliphatic rings. The minimum absolute atomic E-state index is 0.0923. The summed E-state index contributed by atoms with van der Waals surface area (Å²) in [7, 11) is 1.70. The van der Waals surface area contributed by atoms with Gasteiger partial charge in [-0.25, -0.2) is 9.18 Å². The molecule has 1 aromatic heterocycles. The van der Waals surface area contributed by atoms with Gasteiger partial charge in [0.05, 0.1) is 5.02 Å². The molecule has 6 nitrogen and oxygen atoms in total. The fourth-order valence-corrected chi connectivity index (χ4v) is 7.39. The first-order valence-corrected chi connectivity index (χ1v) is 16.7. The molecule has 0 bridgehead atoms. The van der Waals surface area contributed by atoms with Gasteiger partial charge in [0.1, 0.15) is 16.3 Å². The van der Waals surface area contributed by atoms with E-state index in [4.69, 9.17) is 16.3 Å². The lowest BCUT2D eigenvalue weighted by Crippen LogP contribution is -2.47. The summed E-state index contributed by atoms with van der Waals surface area (Å²) < 4.78 is 60.5. The number of ether oxygens (including phenoxy) is 1. The van der Waals surface area contributed by atoms with Crippen molar-refractivity contribution in [1.29, 1.82) is 0 Å². The Bertz CT molecular complexity index is 1830. The number of alkyl halides is 3. The smallest absolute Gasteiger partial charge is 0.444 e. The molecule has 0 N–H and O–H groups in total. The Labute approximate surface area is 285 Å². The van der Waals surface area contributed by atoms with Crippen molar-refractivity contribution in [3.8, 4) is 11.1 Å². The molecule has 48 heavy (non-hydrogen) atoms. The third-order valence-corrected chi connectivity index (χ3v) is 10.1. The van der Waals surface area contributed by atoms with Crippen LogP contribution in [-0.4, -0.2) is 58.5 Å². The van der Waals surface area contributed by atoms with Crippen molar-refractivity contribution in [3.63, 3.8) is 0 Å². The van der Waals surface area contributed by atoms with Crippen molar-refractivity contribution in [3.05, 3.63) is 93.6 Å². The van der Waals surface area contributed by atoms with Crippen molar-refractivity contribution >= 4 is 50.8 Å². The summed E-state index contributed by atoms with van der Waals surface area (Å²) in [6, 6.07) is 16.2. The van der Waals surface area contributed by atoms with E-state index in [0.717, 1.165) is 22.2 Å². The van der Waals surface area contributed by atoms with Crippen molar-refractivity contribution in [2.24, 2.45) is 0 Å². The minimum Gasteiger partial charge on any atom is -0.444 e. The predicted molar refractivity (Wildman–Crippen MR) is 179 cm³/mol. The largest absolute Gasteiger partial charge is 0.454 e. The molecule has 12 heteroatoms. The van der Waals surface area contributed by atoms with Crippen LogP contribution in [0.3, 0.4) is 0 Å². The lowest BCUT2D eigenvalue weighted by Gasteiger charge is -2.40. The van der Waals surface area contributed by atoms with Crippen LogP contribution in [0.5, 0.6) is 0 Å². The Morgan fingerprint density at radius 2 is 1.50 bits per heavy atom. The number of carbonyl (C=O) groups excluding carboxylic acids is 3. The number of benzene rings is 3. The maximum Gasteiger partial charge on any atom is 0.454 e. The molecule has 0 aliphatic heterocycles. The van der Waals surface area contributed by atoms with Gasteiger partial charge < -0.3 is 14.5 Å². The van der Waals surface area contributed by atoms with Gasteiger partial charge in [0.15, 0.2) is 0 Å². The predicted octanol–water partition coefficient (Wildman–Crippen LogP) is 9.93. The SMILES string of the molecule is CN(C(=O)OC(C)(C)C)C1CCC(N(Cc2cc(-c3ccc(C(=O)C(F)(F)F)cc3)ccc2F)C(=O)c2sc3ccccc3c2Cl)CC1. The summed E-state index contributed by atoms with van der Waals surface area (Å²) in [4.78, 5) is 42.2. The Morgan fingerprint density at radius 3 is 2.10 bits per heavy atom. The Kier molecular flexibility index (Phi) is 10.2. The van der Waals surface area contributed by atoms with E-state index in [-0.39, 0.29) is 30.1 Å². The monoisotopic (exact) mass is 702 g/mol. The van der Waals surface area contributed by atoms with Gasteiger partial charge in [-0.1, -0.05) is 60.1 Å². The second kappa shape index (κ2) is 13.9. The number of amides is 2. The maximum atomic E-state index is 15.4. The average Bonchev–Trinajstić information content (AvgIpc) is 3.38. The van der Waals surface area contributed by atoms with Crippen LogP contribution in [0.25, 0.3) is 21.2 Å². The molecule has 3 aromatic carbocycles. The van der Waals surface area contributed by atoms with Gasteiger partial charge in [0.2, 0.25) is 0 Å². The summed E-state index contributed by atoms with van der Waals surface area (Å²) in [5, 5.41) is 1.07. The zero-order valence-electron chi connectivity index (χ0n) is 26.9. The molecular formula is C36H35ClF4N2O4S. The van der Waals surface area contributed by atoms with Crippen LogP contribution >= 0.6 is 22.9 Å². The van der Waals surface area contributed by atoms with Crippen LogP contribution in [0.2, 0.25) is 5.02 Å². The number of hydrogen-bond donors (Lipinski definition) is 0. The molecule has 0 saturated heterocycles. The first-order valence-electron chi connectivity index (χ1n) is 15.5. The Morgan fingerprint density at radius 1 is 0.896 bits per heavy atom. The molecular weight excluding hydrogens is 668 g/mol. The first-order chi connectivity index (χ1) is 22.5. The van der Waals surface area contributed by atoms with Crippen LogP contribution < -0.4 is 0 Å². The fourth-order valence-electron chi connectivity index (χ4n) is 5.93.